The van der Waals surface area contributed by atoms with Gasteiger partial charge in [0.15, 0.2) is 6.61 Å². The van der Waals surface area contributed by atoms with Gasteiger partial charge in [0.25, 0.3) is 5.91 Å². The minimum absolute atomic E-state index is 0.0413. The molecular weight excluding hydrogens is 471 g/mol. The first-order chi connectivity index (χ1) is 12.2. The molecule has 2 rings (SSSR count). The number of ether oxygens (including phenoxy) is 1. The van der Waals surface area contributed by atoms with E-state index < -0.39 is 28.5 Å². The molecule has 0 saturated heterocycles. The molecule has 0 fully saturated rings. The average Bonchev–Trinajstić information content (AvgIpc) is 2.62. The van der Waals surface area contributed by atoms with Crippen molar-refractivity contribution in [3.63, 3.8) is 0 Å². The summed E-state index contributed by atoms with van der Waals surface area (Å²) in [6, 6.07) is 10.9. The molecular formula is C17H17IN2O5S. The number of carbonyl (C=O) groups is 2. The molecule has 0 radical (unpaired) electrons. The number of hydrogen-bond donors (Lipinski definition) is 2. The third-order valence-electron chi connectivity index (χ3n) is 3.45. The Morgan fingerprint density at radius 1 is 1.15 bits per heavy atom. The highest BCUT2D eigenvalue weighted by atomic mass is 127. The Balaban J connectivity index is 2.00. The van der Waals surface area contributed by atoms with Crippen LogP contribution in [-0.2, 0) is 19.6 Å². The molecule has 2 N–H and O–H groups in total. The zero-order chi connectivity index (χ0) is 19.3. The lowest BCUT2D eigenvalue weighted by Crippen LogP contribution is -2.22. The number of carbonyl (C=O) groups excluding carboxylic acids is 2. The molecule has 7 nitrogen and oxygen atoms in total. The topological polar surface area (TPSA) is 102 Å². The maximum atomic E-state index is 12.1. The second kappa shape index (κ2) is 8.60. The number of sulfonamides is 1. The predicted octanol–water partition coefficient (Wildman–Crippen LogP) is 2.30. The van der Waals surface area contributed by atoms with Crippen LogP contribution >= 0.6 is 22.6 Å². The molecule has 0 saturated carbocycles. The van der Waals surface area contributed by atoms with Gasteiger partial charge in [-0.1, -0.05) is 6.07 Å². The smallest absolute Gasteiger partial charge is 0.338 e. The summed E-state index contributed by atoms with van der Waals surface area (Å²) in [5.41, 5.74) is 1.56. The van der Waals surface area contributed by atoms with Crippen LogP contribution in [0.3, 0.4) is 0 Å². The van der Waals surface area contributed by atoms with Crippen molar-refractivity contribution in [3.8, 4) is 0 Å². The van der Waals surface area contributed by atoms with Crippen molar-refractivity contribution in [2.45, 2.75) is 11.8 Å². The minimum atomic E-state index is -3.67. The molecule has 0 unspecified atom stereocenters. The first-order valence-corrected chi connectivity index (χ1v) is 10.1. The van der Waals surface area contributed by atoms with E-state index in [1.807, 2.05) is 19.1 Å². The highest BCUT2D eigenvalue weighted by Crippen LogP contribution is 2.17. The van der Waals surface area contributed by atoms with Crippen molar-refractivity contribution in [1.29, 1.82) is 0 Å². The SMILES string of the molecule is CNS(=O)(=O)c1cccc(C(=O)OCC(=O)Nc2ccc(I)cc2C)c1. The molecule has 0 aliphatic carbocycles. The Morgan fingerprint density at radius 3 is 2.54 bits per heavy atom. The molecule has 138 valence electrons. The number of rotatable bonds is 6. The molecule has 1 amide bonds. The Kier molecular flexibility index (Phi) is 6.73. The third kappa shape index (κ3) is 5.26. The molecule has 26 heavy (non-hydrogen) atoms. The van der Waals surface area contributed by atoms with E-state index in [9.17, 15) is 18.0 Å². The third-order valence-corrected chi connectivity index (χ3v) is 5.53. The van der Waals surface area contributed by atoms with Gasteiger partial charge < -0.3 is 10.1 Å². The lowest BCUT2D eigenvalue weighted by atomic mass is 10.2. The molecule has 0 bridgehead atoms. The normalized spacial score (nSPS) is 11.0. The summed E-state index contributed by atoms with van der Waals surface area (Å²) in [4.78, 5) is 24.0. The van der Waals surface area contributed by atoms with Gasteiger partial charge in [-0.3, -0.25) is 4.79 Å². The fraction of sp³-hybridized carbons (Fsp3) is 0.176. The van der Waals surface area contributed by atoms with Crippen molar-refractivity contribution >= 4 is 50.2 Å². The summed E-state index contributed by atoms with van der Waals surface area (Å²) in [5.74, 6) is -1.27. The first kappa shape index (κ1) is 20.3. The van der Waals surface area contributed by atoms with Gasteiger partial charge in [-0.05, 0) is 78.5 Å². The van der Waals surface area contributed by atoms with Crippen molar-refractivity contribution in [2.75, 3.05) is 19.0 Å². The summed E-state index contributed by atoms with van der Waals surface area (Å²) in [6.45, 7) is 1.38. The van der Waals surface area contributed by atoms with Crippen LogP contribution in [0.25, 0.3) is 0 Å². The maximum Gasteiger partial charge on any atom is 0.338 e. The summed E-state index contributed by atoms with van der Waals surface area (Å²) >= 11 is 2.17. The average molecular weight is 488 g/mol. The van der Waals surface area contributed by atoms with E-state index in [4.69, 9.17) is 4.74 Å². The van der Waals surface area contributed by atoms with Gasteiger partial charge in [-0.25, -0.2) is 17.9 Å². The lowest BCUT2D eigenvalue weighted by molar-refractivity contribution is -0.119. The van der Waals surface area contributed by atoms with Crippen LogP contribution in [0.15, 0.2) is 47.4 Å². The van der Waals surface area contributed by atoms with Crippen molar-refractivity contribution in [1.82, 2.24) is 4.72 Å². The zero-order valence-electron chi connectivity index (χ0n) is 14.1. The Bertz CT molecular complexity index is 944. The van der Waals surface area contributed by atoms with E-state index in [2.05, 4.69) is 32.6 Å². The maximum absolute atomic E-state index is 12.1. The van der Waals surface area contributed by atoms with E-state index in [0.29, 0.717) is 5.69 Å². The number of anilines is 1. The Hall–Kier alpha value is -1.98. The number of amides is 1. The number of nitrogens with one attached hydrogen (secondary N) is 2. The number of halogens is 1. The van der Waals surface area contributed by atoms with E-state index in [0.717, 1.165) is 9.13 Å². The second-order valence-corrected chi connectivity index (χ2v) is 8.45. The molecule has 2 aromatic carbocycles. The van der Waals surface area contributed by atoms with Gasteiger partial charge in [-0.2, -0.15) is 0 Å². The van der Waals surface area contributed by atoms with Gasteiger partial charge in [0.1, 0.15) is 0 Å². The van der Waals surface area contributed by atoms with Gasteiger partial charge in [-0.15, -0.1) is 0 Å². The summed E-state index contributed by atoms with van der Waals surface area (Å²) in [6.07, 6.45) is 0. The highest BCUT2D eigenvalue weighted by Gasteiger charge is 2.16. The largest absolute Gasteiger partial charge is 0.452 e. The van der Waals surface area contributed by atoms with Crippen LogP contribution in [0, 0.1) is 10.5 Å². The fourth-order valence-corrected chi connectivity index (χ4v) is 3.50. The van der Waals surface area contributed by atoms with Gasteiger partial charge in [0.2, 0.25) is 10.0 Å². The molecule has 0 spiro atoms. The van der Waals surface area contributed by atoms with Crippen LogP contribution in [-0.4, -0.2) is 33.9 Å². The molecule has 9 heteroatoms. The monoisotopic (exact) mass is 488 g/mol. The number of hydrogen-bond acceptors (Lipinski definition) is 5. The molecule has 0 aliphatic heterocycles. The zero-order valence-corrected chi connectivity index (χ0v) is 17.1. The minimum Gasteiger partial charge on any atom is -0.452 e. The number of esters is 1. The standard InChI is InChI=1S/C17H17IN2O5S/c1-11-8-13(18)6-7-15(11)20-16(21)10-25-17(22)12-4-3-5-14(9-12)26(23,24)19-2/h3-9,19H,10H2,1-2H3,(H,20,21). The van der Waals surface area contributed by atoms with E-state index in [1.165, 1.54) is 31.3 Å². The predicted molar refractivity (Wildman–Crippen MR) is 105 cm³/mol. The quantitative estimate of drug-likeness (QED) is 0.480. The van der Waals surface area contributed by atoms with Gasteiger partial charge in [0.05, 0.1) is 10.5 Å². The van der Waals surface area contributed by atoms with Gasteiger partial charge >= 0.3 is 5.97 Å². The van der Waals surface area contributed by atoms with Crippen LogP contribution < -0.4 is 10.0 Å². The molecule has 0 heterocycles. The van der Waals surface area contributed by atoms with Crippen molar-refractivity contribution < 1.29 is 22.7 Å². The fourth-order valence-electron chi connectivity index (χ4n) is 2.08. The molecule has 2 aromatic rings. The molecule has 0 aliphatic rings. The van der Waals surface area contributed by atoms with Crippen molar-refractivity contribution in [2.24, 2.45) is 0 Å². The lowest BCUT2D eigenvalue weighted by Gasteiger charge is -2.10. The van der Waals surface area contributed by atoms with E-state index in [1.54, 1.807) is 6.07 Å². The van der Waals surface area contributed by atoms with Gasteiger partial charge in [0, 0.05) is 9.26 Å². The Labute approximate surface area is 165 Å². The number of benzene rings is 2. The highest BCUT2D eigenvalue weighted by molar-refractivity contribution is 14.1. The Morgan fingerprint density at radius 2 is 1.88 bits per heavy atom. The van der Waals surface area contributed by atoms with Crippen LogP contribution in [0.2, 0.25) is 0 Å². The van der Waals surface area contributed by atoms with Crippen LogP contribution in [0.4, 0.5) is 5.69 Å². The molecule has 0 atom stereocenters. The summed E-state index contributed by atoms with van der Waals surface area (Å²) in [7, 11) is -2.40. The van der Waals surface area contributed by atoms with E-state index in [-0.39, 0.29) is 10.5 Å². The second-order valence-electron chi connectivity index (χ2n) is 5.32. The number of aryl methyl sites for hydroxylation is 1. The van der Waals surface area contributed by atoms with Crippen molar-refractivity contribution in [3.05, 3.63) is 57.2 Å². The first-order valence-electron chi connectivity index (χ1n) is 7.49. The van der Waals surface area contributed by atoms with Crippen LogP contribution in [0.5, 0.6) is 0 Å². The summed E-state index contributed by atoms with van der Waals surface area (Å²) in [5, 5.41) is 2.66. The van der Waals surface area contributed by atoms with Crippen LogP contribution in [0.1, 0.15) is 15.9 Å². The molecule has 0 aromatic heterocycles. The van der Waals surface area contributed by atoms with E-state index >= 15 is 0 Å². The summed E-state index contributed by atoms with van der Waals surface area (Å²) < 4.78 is 31.7.